The second-order valence-electron chi connectivity index (χ2n) is 8.51. The van der Waals surface area contributed by atoms with Crippen molar-refractivity contribution in [3.8, 4) is 11.3 Å². The second kappa shape index (κ2) is 10.0. The lowest BCUT2D eigenvalue weighted by Gasteiger charge is -2.35. The Morgan fingerprint density at radius 1 is 0.971 bits per heavy atom. The molecular weight excluding hydrogens is 445 g/mol. The third kappa shape index (κ3) is 5.36. The highest BCUT2D eigenvalue weighted by atomic mass is 19.1. The molecule has 0 spiro atoms. The number of aryl methyl sites for hydroxylation is 1. The van der Waals surface area contributed by atoms with Gasteiger partial charge in [-0.3, -0.25) is 14.4 Å². The summed E-state index contributed by atoms with van der Waals surface area (Å²) < 4.78 is 14.7. The first-order valence-corrected chi connectivity index (χ1v) is 11.5. The number of hydrogen-bond acceptors (Lipinski definition) is 6. The van der Waals surface area contributed by atoms with Crippen molar-refractivity contribution in [2.75, 3.05) is 36.4 Å². The third-order valence-corrected chi connectivity index (χ3v) is 6.09. The molecule has 1 amide bonds. The first-order chi connectivity index (χ1) is 17.0. The Morgan fingerprint density at radius 2 is 1.71 bits per heavy atom. The van der Waals surface area contributed by atoms with E-state index in [0.717, 1.165) is 44.1 Å². The molecule has 1 aliphatic rings. The Bertz CT molecular complexity index is 1300. The number of benzene rings is 2. The zero-order valence-electron chi connectivity index (χ0n) is 19.4. The van der Waals surface area contributed by atoms with E-state index < -0.39 is 0 Å². The number of hydrogen-bond donors (Lipinski definition) is 1. The molecule has 2 aromatic carbocycles. The Labute approximate surface area is 203 Å². The summed E-state index contributed by atoms with van der Waals surface area (Å²) in [5.74, 6) is 0.563. The molecule has 3 heterocycles. The van der Waals surface area contributed by atoms with Gasteiger partial charge in [-0.2, -0.15) is 5.10 Å². The van der Waals surface area contributed by atoms with Crippen molar-refractivity contribution < 1.29 is 9.18 Å². The van der Waals surface area contributed by atoms with E-state index in [2.05, 4.69) is 54.4 Å². The highest BCUT2D eigenvalue weighted by Crippen LogP contribution is 2.21. The molecule has 178 valence electrons. The standard InChI is InChI=1S/C26H26FN7O/c1-32-23(15-22(31-32)20-7-9-21(27)10-8-20)26(35)30-24-16-25(29-18-28-24)34-13-11-33(12-14-34)17-19-5-3-2-4-6-19/h2-10,15-16,18H,11-14,17H2,1H3,(H,28,29,30,35). The van der Waals surface area contributed by atoms with Gasteiger partial charge in [-0.1, -0.05) is 30.3 Å². The van der Waals surface area contributed by atoms with Crippen LogP contribution in [-0.4, -0.2) is 56.7 Å². The van der Waals surface area contributed by atoms with Crippen LogP contribution < -0.4 is 10.2 Å². The fraction of sp³-hybridized carbons (Fsp3) is 0.231. The van der Waals surface area contributed by atoms with E-state index in [0.29, 0.717) is 17.2 Å². The molecule has 0 bridgehead atoms. The number of halogens is 1. The van der Waals surface area contributed by atoms with Gasteiger partial charge in [0, 0.05) is 51.4 Å². The number of rotatable bonds is 6. The van der Waals surface area contributed by atoms with Crippen LogP contribution in [0.4, 0.5) is 16.0 Å². The topological polar surface area (TPSA) is 79.2 Å². The molecule has 1 fully saturated rings. The molecule has 1 saturated heterocycles. The summed E-state index contributed by atoms with van der Waals surface area (Å²) in [6, 6.07) is 19.9. The molecule has 2 aromatic heterocycles. The second-order valence-corrected chi connectivity index (χ2v) is 8.51. The number of nitrogens with one attached hydrogen (secondary N) is 1. The van der Waals surface area contributed by atoms with Crippen molar-refractivity contribution in [2.45, 2.75) is 6.54 Å². The first-order valence-electron chi connectivity index (χ1n) is 11.5. The monoisotopic (exact) mass is 471 g/mol. The number of carbonyl (C=O) groups is 1. The van der Waals surface area contributed by atoms with Crippen molar-refractivity contribution in [2.24, 2.45) is 7.05 Å². The normalized spacial score (nSPS) is 14.2. The van der Waals surface area contributed by atoms with Gasteiger partial charge < -0.3 is 10.2 Å². The lowest BCUT2D eigenvalue weighted by Crippen LogP contribution is -2.46. The summed E-state index contributed by atoms with van der Waals surface area (Å²) in [5, 5.41) is 7.23. The van der Waals surface area contributed by atoms with E-state index in [-0.39, 0.29) is 11.7 Å². The lowest BCUT2D eigenvalue weighted by molar-refractivity contribution is 0.101. The number of piperazine rings is 1. The van der Waals surface area contributed by atoms with Crippen LogP contribution in [0, 0.1) is 5.82 Å². The summed E-state index contributed by atoms with van der Waals surface area (Å²) in [6.07, 6.45) is 1.47. The molecule has 4 aromatic rings. The number of amides is 1. The number of anilines is 2. The van der Waals surface area contributed by atoms with Crippen LogP contribution in [0.1, 0.15) is 16.1 Å². The number of nitrogens with zero attached hydrogens (tertiary/aromatic N) is 6. The maximum absolute atomic E-state index is 13.2. The van der Waals surface area contributed by atoms with Crippen LogP contribution in [-0.2, 0) is 13.6 Å². The summed E-state index contributed by atoms with van der Waals surface area (Å²) in [5.41, 5.74) is 3.01. The highest BCUT2D eigenvalue weighted by Gasteiger charge is 2.20. The Kier molecular flexibility index (Phi) is 6.49. The van der Waals surface area contributed by atoms with Crippen molar-refractivity contribution in [3.63, 3.8) is 0 Å². The maximum atomic E-state index is 13.2. The Morgan fingerprint density at radius 3 is 2.46 bits per heavy atom. The molecule has 5 rings (SSSR count). The minimum Gasteiger partial charge on any atom is -0.354 e. The highest BCUT2D eigenvalue weighted by molar-refractivity contribution is 6.03. The lowest BCUT2D eigenvalue weighted by atomic mass is 10.1. The summed E-state index contributed by atoms with van der Waals surface area (Å²) in [4.78, 5) is 26.2. The van der Waals surface area contributed by atoms with Crippen molar-refractivity contribution >= 4 is 17.5 Å². The average molecular weight is 472 g/mol. The predicted molar refractivity (Wildman–Crippen MR) is 133 cm³/mol. The van der Waals surface area contributed by atoms with Gasteiger partial charge in [0.1, 0.15) is 29.5 Å². The summed E-state index contributed by atoms with van der Waals surface area (Å²) >= 11 is 0. The molecule has 35 heavy (non-hydrogen) atoms. The van der Waals surface area contributed by atoms with Crippen LogP contribution in [0.3, 0.4) is 0 Å². The van der Waals surface area contributed by atoms with E-state index >= 15 is 0 Å². The zero-order chi connectivity index (χ0) is 24.2. The summed E-state index contributed by atoms with van der Waals surface area (Å²) in [7, 11) is 1.70. The Balaban J connectivity index is 1.22. The summed E-state index contributed by atoms with van der Waals surface area (Å²) in [6.45, 7) is 4.49. The SMILES string of the molecule is Cn1nc(-c2ccc(F)cc2)cc1C(=O)Nc1cc(N2CCN(Cc3ccccc3)CC2)ncn1. The maximum Gasteiger partial charge on any atom is 0.275 e. The molecule has 1 aliphatic heterocycles. The minimum atomic E-state index is -0.328. The van der Waals surface area contributed by atoms with Gasteiger partial charge in [-0.05, 0) is 35.9 Å². The molecule has 0 aliphatic carbocycles. The van der Waals surface area contributed by atoms with E-state index in [9.17, 15) is 9.18 Å². The van der Waals surface area contributed by atoms with Gasteiger partial charge in [0.2, 0.25) is 0 Å². The van der Waals surface area contributed by atoms with E-state index in [1.165, 1.54) is 28.7 Å². The number of aromatic nitrogens is 4. The van der Waals surface area contributed by atoms with Crippen LogP contribution in [0.2, 0.25) is 0 Å². The van der Waals surface area contributed by atoms with Gasteiger partial charge >= 0.3 is 0 Å². The molecule has 8 nitrogen and oxygen atoms in total. The molecule has 0 atom stereocenters. The largest absolute Gasteiger partial charge is 0.354 e. The van der Waals surface area contributed by atoms with Crippen LogP contribution >= 0.6 is 0 Å². The molecule has 0 unspecified atom stereocenters. The van der Waals surface area contributed by atoms with Crippen molar-refractivity contribution in [1.29, 1.82) is 0 Å². The zero-order valence-corrected chi connectivity index (χ0v) is 19.4. The predicted octanol–water partition coefficient (Wildman–Crippen LogP) is 3.59. The van der Waals surface area contributed by atoms with Crippen molar-refractivity contribution in [3.05, 3.63) is 90.1 Å². The Hall–Kier alpha value is -4.11. The molecule has 0 radical (unpaired) electrons. The fourth-order valence-corrected chi connectivity index (χ4v) is 4.19. The molecule has 9 heteroatoms. The molecule has 1 N–H and O–H groups in total. The van der Waals surface area contributed by atoms with E-state index in [4.69, 9.17) is 0 Å². The van der Waals surface area contributed by atoms with Crippen LogP contribution in [0.25, 0.3) is 11.3 Å². The van der Waals surface area contributed by atoms with Gasteiger partial charge in [0.25, 0.3) is 5.91 Å². The van der Waals surface area contributed by atoms with E-state index in [1.54, 1.807) is 31.3 Å². The van der Waals surface area contributed by atoms with Gasteiger partial charge in [-0.15, -0.1) is 0 Å². The fourth-order valence-electron chi connectivity index (χ4n) is 4.19. The van der Waals surface area contributed by atoms with E-state index in [1.807, 2.05) is 6.07 Å². The van der Waals surface area contributed by atoms with Crippen molar-refractivity contribution in [1.82, 2.24) is 24.6 Å². The average Bonchev–Trinajstić information content (AvgIpc) is 3.27. The third-order valence-electron chi connectivity index (χ3n) is 6.09. The molecule has 0 saturated carbocycles. The quantitative estimate of drug-likeness (QED) is 0.463. The van der Waals surface area contributed by atoms with Crippen LogP contribution in [0.5, 0.6) is 0 Å². The van der Waals surface area contributed by atoms with Gasteiger partial charge in [-0.25, -0.2) is 14.4 Å². The molecular formula is C26H26FN7O. The van der Waals surface area contributed by atoms with Gasteiger partial charge in [0.15, 0.2) is 0 Å². The van der Waals surface area contributed by atoms with Crippen LogP contribution in [0.15, 0.2) is 73.1 Å². The minimum absolute atomic E-state index is 0.320. The number of carbonyl (C=O) groups excluding carboxylic acids is 1. The van der Waals surface area contributed by atoms with Gasteiger partial charge in [0.05, 0.1) is 5.69 Å². The smallest absolute Gasteiger partial charge is 0.275 e. The first kappa shape index (κ1) is 22.7.